The monoisotopic (exact) mass is 292 g/mol. The number of halogens is 3. The Labute approximate surface area is 121 Å². The molecule has 0 aliphatic carbocycles. The summed E-state index contributed by atoms with van der Waals surface area (Å²) in [5, 5.41) is 0. The molecular formula is C17H15F3O. The van der Waals surface area contributed by atoms with Crippen LogP contribution in [0, 0.1) is 0 Å². The topological polar surface area (TPSA) is 9.23 Å². The summed E-state index contributed by atoms with van der Waals surface area (Å²) in [4.78, 5) is 0. The molecule has 0 fully saturated rings. The second-order valence-corrected chi connectivity index (χ2v) is 4.56. The van der Waals surface area contributed by atoms with Crippen molar-refractivity contribution < 1.29 is 17.9 Å². The van der Waals surface area contributed by atoms with E-state index in [9.17, 15) is 13.2 Å². The number of hydrogen-bond donors (Lipinski definition) is 0. The molecule has 0 unspecified atom stereocenters. The SMILES string of the molecule is C=Cc1ccc(OC(F)(F)F)c(-c2cccc(CC)c2)c1. The lowest BCUT2D eigenvalue weighted by atomic mass is 9.99. The van der Waals surface area contributed by atoms with Crippen molar-refractivity contribution in [3.05, 3.63) is 60.2 Å². The fraction of sp³-hybridized carbons (Fsp3) is 0.176. The van der Waals surface area contributed by atoms with Crippen LogP contribution in [0.3, 0.4) is 0 Å². The van der Waals surface area contributed by atoms with Crippen molar-refractivity contribution in [2.24, 2.45) is 0 Å². The van der Waals surface area contributed by atoms with E-state index in [0.29, 0.717) is 11.1 Å². The maximum atomic E-state index is 12.5. The molecule has 0 N–H and O–H groups in total. The van der Waals surface area contributed by atoms with Gasteiger partial charge in [0.2, 0.25) is 0 Å². The number of aryl methyl sites for hydroxylation is 1. The van der Waals surface area contributed by atoms with E-state index in [2.05, 4.69) is 11.3 Å². The number of rotatable bonds is 4. The molecule has 2 aromatic carbocycles. The van der Waals surface area contributed by atoms with Gasteiger partial charge in [-0.1, -0.05) is 49.9 Å². The Morgan fingerprint density at radius 2 is 1.90 bits per heavy atom. The smallest absolute Gasteiger partial charge is 0.405 e. The van der Waals surface area contributed by atoms with Crippen LogP contribution in [-0.4, -0.2) is 6.36 Å². The van der Waals surface area contributed by atoms with Gasteiger partial charge in [-0.25, -0.2) is 0 Å². The highest BCUT2D eigenvalue weighted by atomic mass is 19.4. The molecule has 0 bridgehead atoms. The van der Waals surface area contributed by atoms with Crippen LogP contribution in [-0.2, 0) is 6.42 Å². The first-order valence-electron chi connectivity index (χ1n) is 6.54. The van der Waals surface area contributed by atoms with Gasteiger partial charge in [-0.05, 0) is 35.2 Å². The average molecular weight is 292 g/mol. The van der Waals surface area contributed by atoms with E-state index in [0.717, 1.165) is 17.5 Å². The summed E-state index contributed by atoms with van der Waals surface area (Å²) >= 11 is 0. The molecule has 4 heteroatoms. The highest BCUT2D eigenvalue weighted by Gasteiger charge is 2.32. The molecule has 110 valence electrons. The summed E-state index contributed by atoms with van der Waals surface area (Å²) < 4.78 is 41.7. The standard InChI is InChI=1S/C17H15F3O/c1-3-12-6-5-7-14(10-12)15-11-13(4-2)8-9-16(15)21-17(18,19)20/h4-11H,2-3H2,1H3. The Bertz CT molecular complexity index is 645. The van der Waals surface area contributed by atoms with Gasteiger partial charge in [0, 0.05) is 5.56 Å². The highest BCUT2D eigenvalue weighted by molar-refractivity contribution is 5.74. The summed E-state index contributed by atoms with van der Waals surface area (Å²) in [6.07, 6.45) is -2.32. The van der Waals surface area contributed by atoms with Crippen molar-refractivity contribution >= 4 is 6.08 Å². The normalized spacial score (nSPS) is 11.2. The van der Waals surface area contributed by atoms with Crippen LogP contribution in [0.4, 0.5) is 13.2 Å². The van der Waals surface area contributed by atoms with Crippen LogP contribution in [0.15, 0.2) is 49.0 Å². The van der Waals surface area contributed by atoms with E-state index in [-0.39, 0.29) is 5.75 Å². The van der Waals surface area contributed by atoms with Gasteiger partial charge in [-0.2, -0.15) is 0 Å². The molecule has 0 saturated carbocycles. The van der Waals surface area contributed by atoms with Gasteiger partial charge in [0.05, 0.1) is 0 Å². The van der Waals surface area contributed by atoms with Crippen molar-refractivity contribution in [1.82, 2.24) is 0 Å². The average Bonchev–Trinajstić information content (AvgIpc) is 2.46. The summed E-state index contributed by atoms with van der Waals surface area (Å²) in [5.41, 5.74) is 2.88. The fourth-order valence-corrected chi connectivity index (χ4v) is 2.07. The number of ether oxygens (including phenoxy) is 1. The fourth-order valence-electron chi connectivity index (χ4n) is 2.07. The van der Waals surface area contributed by atoms with E-state index in [1.165, 1.54) is 6.07 Å². The molecule has 2 aromatic rings. The van der Waals surface area contributed by atoms with Crippen LogP contribution in [0.25, 0.3) is 17.2 Å². The first-order valence-corrected chi connectivity index (χ1v) is 6.54. The molecule has 0 amide bonds. The largest absolute Gasteiger partial charge is 0.573 e. The second-order valence-electron chi connectivity index (χ2n) is 4.56. The summed E-state index contributed by atoms with van der Waals surface area (Å²) in [7, 11) is 0. The quantitative estimate of drug-likeness (QED) is 0.727. The van der Waals surface area contributed by atoms with Gasteiger partial charge < -0.3 is 4.74 Å². The van der Waals surface area contributed by atoms with Gasteiger partial charge in [0.25, 0.3) is 0 Å². The minimum atomic E-state index is -4.72. The molecule has 0 aliphatic heterocycles. The molecule has 0 atom stereocenters. The first-order chi connectivity index (χ1) is 9.93. The number of benzene rings is 2. The predicted molar refractivity (Wildman–Crippen MR) is 78.0 cm³/mol. The van der Waals surface area contributed by atoms with Crippen LogP contribution < -0.4 is 4.74 Å². The molecule has 1 nitrogen and oxygen atoms in total. The van der Waals surface area contributed by atoms with Crippen molar-refractivity contribution in [1.29, 1.82) is 0 Å². The number of hydrogen-bond acceptors (Lipinski definition) is 1. The van der Waals surface area contributed by atoms with E-state index in [1.807, 2.05) is 25.1 Å². The maximum Gasteiger partial charge on any atom is 0.573 e. The Morgan fingerprint density at radius 3 is 2.52 bits per heavy atom. The molecule has 0 saturated heterocycles. The first kappa shape index (κ1) is 15.2. The van der Waals surface area contributed by atoms with Gasteiger partial charge >= 0.3 is 6.36 Å². The lowest BCUT2D eigenvalue weighted by Gasteiger charge is -2.14. The molecule has 0 radical (unpaired) electrons. The third-order valence-corrected chi connectivity index (χ3v) is 3.11. The van der Waals surface area contributed by atoms with Crippen molar-refractivity contribution in [2.45, 2.75) is 19.7 Å². The molecule has 0 heterocycles. The van der Waals surface area contributed by atoms with Crippen molar-refractivity contribution in [3.63, 3.8) is 0 Å². The Morgan fingerprint density at radius 1 is 1.14 bits per heavy atom. The Balaban J connectivity index is 2.55. The lowest BCUT2D eigenvalue weighted by molar-refractivity contribution is -0.274. The van der Waals surface area contributed by atoms with Crippen LogP contribution in [0.2, 0.25) is 0 Å². The highest BCUT2D eigenvalue weighted by Crippen LogP contribution is 2.35. The van der Waals surface area contributed by atoms with Gasteiger partial charge in [0.1, 0.15) is 5.75 Å². The molecule has 0 aliphatic rings. The van der Waals surface area contributed by atoms with Crippen LogP contribution in [0.5, 0.6) is 5.75 Å². The van der Waals surface area contributed by atoms with E-state index in [1.54, 1.807) is 24.3 Å². The van der Waals surface area contributed by atoms with Crippen molar-refractivity contribution in [3.8, 4) is 16.9 Å². The van der Waals surface area contributed by atoms with Gasteiger partial charge in [-0.3, -0.25) is 0 Å². The third-order valence-electron chi connectivity index (χ3n) is 3.11. The zero-order valence-electron chi connectivity index (χ0n) is 11.6. The second kappa shape index (κ2) is 6.04. The third kappa shape index (κ3) is 3.88. The molecule has 21 heavy (non-hydrogen) atoms. The van der Waals surface area contributed by atoms with Gasteiger partial charge in [-0.15, -0.1) is 13.2 Å². The van der Waals surface area contributed by atoms with Crippen LogP contribution >= 0.6 is 0 Å². The Kier molecular flexibility index (Phi) is 4.36. The predicted octanol–water partition coefficient (Wildman–Crippen LogP) is 5.46. The minimum Gasteiger partial charge on any atom is -0.405 e. The van der Waals surface area contributed by atoms with Crippen molar-refractivity contribution in [2.75, 3.05) is 0 Å². The summed E-state index contributed by atoms with van der Waals surface area (Å²) in [6, 6.07) is 11.9. The zero-order chi connectivity index (χ0) is 15.5. The Hall–Kier alpha value is -2.23. The molecule has 0 spiro atoms. The maximum absolute atomic E-state index is 12.5. The molecule has 2 rings (SSSR count). The van der Waals surface area contributed by atoms with Crippen LogP contribution in [0.1, 0.15) is 18.1 Å². The summed E-state index contributed by atoms with van der Waals surface area (Å²) in [5.74, 6) is -0.207. The van der Waals surface area contributed by atoms with E-state index in [4.69, 9.17) is 0 Å². The van der Waals surface area contributed by atoms with E-state index >= 15 is 0 Å². The minimum absolute atomic E-state index is 0.207. The van der Waals surface area contributed by atoms with E-state index < -0.39 is 6.36 Å². The lowest BCUT2D eigenvalue weighted by Crippen LogP contribution is -2.17. The molecular weight excluding hydrogens is 277 g/mol. The van der Waals surface area contributed by atoms with Gasteiger partial charge in [0.15, 0.2) is 0 Å². The summed E-state index contributed by atoms with van der Waals surface area (Å²) in [6.45, 7) is 5.63. The number of alkyl halides is 3. The zero-order valence-corrected chi connectivity index (χ0v) is 11.6. The molecule has 0 aromatic heterocycles.